The molecule has 1 unspecified atom stereocenters. The van der Waals surface area contributed by atoms with E-state index in [9.17, 15) is 4.79 Å². The molecule has 88 valence electrons. The predicted molar refractivity (Wildman–Crippen MR) is 60.8 cm³/mol. The average molecular weight is 222 g/mol. The number of nitrogens with zero attached hydrogens (tertiary/aromatic N) is 1. The summed E-state index contributed by atoms with van der Waals surface area (Å²) in [5.74, 6) is 0.145. The number of amides is 1. The molecule has 1 fully saturated rings. The third-order valence-corrected chi connectivity index (χ3v) is 2.73. The Morgan fingerprint density at radius 3 is 3.12 bits per heavy atom. The largest absolute Gasteiger partial charge is 0.353 e. The van der Waals surface area contributed by atoms with Gasteiger partial charge >= 0.3 is 0 Å². The molecule has 1 aliphatic rings. The molecule has 2 rings (SSSR count). The van der Waals surface area contributed by atoms with E-state index in [4.69, 9.17) is 0 Å². The summed E-state index contributed by atoms with van der Waals surface area (Å²) in [5.41, 5.74) is 1.04. The number of nitrogens with one attached hydrogen (secondary N) is 3. The third-order valence-electron chi connectivity index (χ3n) is 2.73. The molecule has 1 aromatic heterocycles. The van der Waals surface area contributed by atoms with Crippen molar-refractivity contribution in [2.45, 2.75) is 38.3 Å². The van der Waals surface area contributed by atoms with E-state index in [1.807, 2.05) is 13.0 Å². The van der Waals surface area contributed by atoms with E-state index < -0.39 is 0 Å². The summed E-state index contributed by atoms with van der Waals surface area (Å²) in [6, 6.07) is 2.59. The fourth-order valence-corrected chi connectivity index (χ4v) is 1.55. The van der Waals surface area contributed by atoms with Gasteiger partial charge in [0.05, 0.1) is 5.69 Å². The Kier molecular flexibility index (Phi) is 3.56. The third kappa shape index (κ3) is 3.34. The Labute approximate surface area is 95.0 Å². The highest BCUT2D eigenvalue weighted by Crippen LogP contribution is 2.18. The number of aromatic nitrogens is 2. The Hall–Kier alpha value is -1.36. The van der Waals surface area contributed by atoms with E-state index in [2.05, 4.69) is 20.8 Å². The van der Waals surface area contributed by atoms with Crippen LogP contribution < -0.4 is 10.6 Å². The van der Waals surface area contributed by atoms with Crippen LogP contribution in [-0.4, -0.2) is 28.7 Å². The van der Waals surface area contributed by atoms with E-state index in [0.717, 1.165) is 18.5 Å². The van der Waals surface area contributed by atoms with E-state index in [-0.39, 0.29) is 11.9 Å². The van der Waals surface area contributed by atoms with Crippen LogP contribution in [-0.2, 0) is 4.79 Å². The van der Waals surface area contributed by atoms with Crippen molar-refractivity contribution in [2.24, 2.45) is 0 Å². The van der Waals surface area contributed by atoms with Crippen molar-refractivity contribution in [1.29, 1.82) is 0 Å². The number of H-pyrrole nitrogens is 1. The van der Waals surface area contributed by atoms with Crippen LogP contribution in [0.25, 0.3) is 0 Å². The lowest BCUT2D eigenvalue weighted by Gasteiger charge is -2.11. The Balaban J connectivity index is 1.61. The van der Waals surface area contributed by atoms with Gasteiger partial charge in [-0.25, -0.2) is 0 Å². The first-order chi connectivity index (χ1) is 7.75. The molecule has 1 saturated carbocycles. The summed E-state index contributed by atoms with van der Waals surface area (Å²) in [7, 11) is 0. The van der Waals surface area contributed by atoms with Crippen LogP contribution in [0.5, 0.6) is 0 Å². The maximum absolute atomic E-state index is 11.4. The minimum atomic E-state index is 0.145. The van der Waals surface area contributed by atoms with Gasteiger partial charge in [-0.2, -0.15) is 5.10 Å². The first kappa shape index (κ1) is 11.1. The van der Waals surface area contributed by atoms with Gasteiger partial charge in [-0.3, -0.25) is 9.89 Å². The Morgan fingerprint density at radius 1 is 1.69 bits per heavy atom. The number of rotatable bonds is 6. The number of hydrogen-bond donors (Lipinski definition) is 3. The van der Waals surface area contributed by atoms with Gasteiger partial charge in [-0.05, 0) is 25.8 Å². The molecule has 0 aromatic carbocycles. The molecule has 0 saturated heterocycles. The predicted octanol–water partition coefficient (Wildman–Crippen LogP) is 0.729. The van der Waals surface area contributed by atoms with Crippen LogP contribution >= 0.6 is 0 Å². The normalized spacial score (nSPS) is 17.1. The minimum absolute atomic E-state index is 0.145. The molecule has 1 amide bonds. The van der Waals surface area contributed by atoms with Gasteiger partial charge in [0.2, 0.25) is 5.91 Å². The number of hydrogen-bond acceptors (Lipinski definition) is 3. The molecule has 16 heavy (non-hydrogen) atoms. The molecule has 1 aromatic rings. The van der Waals surface area contributed by atoms with Crippen molar-refractivity contribution in [3.05, 3.63) is 18.0 Å². The topological polar surface area (TPSA) is 69.8 Å². The fourth-order valence-electron chi connectivity index (χ4n) is 1.55. The number of aromatic amines is 1. The van der Waals surface area contributed by atoms with Gasteiger partial charge < -0.3 is 10.6 Å². The molecule has 1 atom stereocenters. The summed E-state index contributed by atoms with van der Waals surface area (Å²) in [6.45, 7) is 2.74. The second kappa shape index (κ2) is 5.12. The molecule has 0 aliphatic heterocycles. The summed E-state index contributed by atoms with van der Waals surface area (Å²) in [5, 5.41) is 13.0. The minimum Gasteiger partial charge on any atom is -0.353 e. The van der Waals surface area contributed by atoms with Gasteiger partial charge in [0.25, 0.3) is 0 Å². The summed E-state index contributed by atoms with van der Waals surface area (Å²) in [6.07, 6.45) is 4.55. The summed E-state index contributed by atoms with van der Waals surface area (Å²) < 4.78 is 0. The van der Waals surface area contributed by atoms with E-state index >= 15 is 0 Å². The lowest BCUT2D eigenvalue weighted by atomic mass is 10.2. The number of carbonyl (C=O) groups is 1. The van der Waals surface area contributed by atoms with Crippen LogP contribution in [0.4, 0.5) is 0 Å². The smallest absolute Gasteiger partial charge is 0.221 e. The summed E-state index contributed by atoms with van der Waals surface area (Å²) >= 11 is 0. The molecule has 1 aliphatic carbocycles. The maximum Gasteiger partial charge on any atom is 0.221 e. The second-order valence-corrected chi connectivity index (χ2v) is 4.28. The van der Waals surface area contributed by atoms with Gasteiger partial charge in [0.1, 0.15) is 0 Å². The zero-order valence-corrected chi connectivity index (χ0v) is 9.49. The van der Waals surface area contributed by atoms with Crippen molar-refractivity contribution < 1.29 is 4.79 Å². The van der Waals surface area contributed by atoms with Crippen molar-refractivity contribution in [2.75, 3.05) is 6.54 Å². The lowest BCUT2D eigenvalue weighted by Crippen LogP contribution is -2.30. The molecule has 0 radical (unpaired) electrons. The highest BCUT2D eigenvalue weighted by molar-refractivity contribution is 5.76. The zero-order valence-electron chi connectivity index (χ0n) is 9.49. The highest BCUT2D eigenvalue weighted by atomic mass is 16.1. The van der Waals surface area contributed by atoms with E-state index in [1.165, 1.54) is 0 Å². The Bertz CT molecular complexity index is 332. The van der Waals surface area contributed by atoms with Gasteiger partial charge in [0, 0.05) is 31.2 Å². The van der Waals surface area contributed by atoms with Crippen LogP contribution in [0.3, 0.4) is 0 Å². The first-order valence-electron chi connectivity index (χ1n) is 5.77. The first-order valence-corrected chi connectivity index (χ1v) is 5.77. The zero-order chi connectivity index (χ0) is 11.4. The fraction of sp³-hybridized carbons (Fsp3) is 0.636. The molecule has 5 nitrogen and oxygen atoms in total. The SMILES string of the molecule is CC(NCCC(=O)NC1CC1)c1ccn[nH]1. The van der Waals surface area contributed by atoms with Crippen LogP contribution in [0.15, 0.2) is 12.3 Å². The molecule has 1 heterocycles. The molecular formula is C11H18N4O. The van der Waals surface area contributed by atoms with Crippen LogP contribution in [0, 0.1) is 0 Å². The van der Waals surface area contributed by atoms with E-state index in [1.54, 1.807) is 6.20 Å². The molecule has 3 N–H and O–H groups in total. The maximum atomic E-state index is 11.4. The monoisotopic (exact) mass is 222 g/mol. The average Bonchev–Trinajstić information content (AvgIpc) is 2.90. The van der Waals surface area contributed by atoms with Crippen molar-refractivity contribution >= 4 is 5.91 Å². The van der Waals surface area contributed by atoms with Crippen molar-refractivity contribution in [1.82, 2.24) is 20.8 Å². The standard InChI is InChI=1S/C11H18N4O/c1-8(10-4-7-13-15-10)12-6-5-11(16)14-9-2-3-9/h4,7-9,12H,2-3,5-6H2,1H3,(H,13,15)(H,14,16). The summed E-state index contributed by atoms with van der Waals surface area (Å²) in [4.78, 5) is 11.4. The van der Waals surface area contributed by atoms with Crippen LogP contribution in [0.2, 0.25) is 0 Å². The van der Waals surface area contributed by atoms with Crippen LogP contribution in [0.1, 0.15) is 37.9 Å². The highest BCUT2D eigenvalue weighted by Gasteiger charge is 2.22. The molecule has 0 bridgehead atoms. The lowest BCUT2D eigenvalue weighted by molar-refractivity contribution is -0.121. The van der Waals surface area contributed by atoms with Gasteiger partial charge in [-0.1, -0.05) is 0 Å². The van der Waals surface area contributed by atoms with E-state index in [0.29, 0.717) is 19.0 Å². The second-order valence-electron chi connectivity index (χ2n) is 4.28. The molecule has 5 heteroatoms. The molecular weight excluding hydrogens is 204 g/mol. The number of carbonyl (C=O) groups excluding carboxylic acids is 1. The van der Waals surface area contributed by atoms with Crippen molar-refractivity contribution in [3.63, 3.8) is 0 Å². The molecule has 0 spiro atoms. The van der Waals surface area contributed by atoms with Gasteiger partial charge in [-0.15, -0.1) is 0 Å². The van der Waals surface area contributed by atoms with Gasteiger partial charge in [0.15, 0.2) is 0 Å². The Morgan fingerprint density at radius 2 is 2.50 bits per heavy atom. The quantitative estimate of drug-likeness (QED) is 0.664. The van der Waals surface area contributed by atoms with Crippen molar-refractivity contribution in [3.8, 4) is 0 Å².